The third-order valence-corrected chi connectivity index (χ3v) is 3.30. The molecule has 0 radical (unpaired) electrons. The molecule has 0 saturated heterocycles. The largest absolute Gasteiger partial charge is 0.388 e. The van der Waals surface area contributed by atoms with Crippen LogP contribution in [0.5, 0.6) is 0 Å². The summed E-state index contributed by atoms with van der Waals surface area (Å²) in [6.45, 7) is 3.17. The monoisotopic (exact) mass is 280 g/mol. The number of halogens is 3. The van der Waals surface area contributed by atoms with Gasteiger partial charge in [0.1, 0.15) is 17.5 Å². The van der Waals surface area contributed by atoms with E-state index >= 15 is 0 Å². The molecule has 0 aliphatic rings. The minimum Gasteiger partial charge on any atom is -0.388 e. The van der Waals surface area contributed by atoms with Crippen LogP contribution < -0.4 is 0 Å². The van der Waals surface area contributed by atoms with E-state index in [0.717, 1.165) is 12.1 Å². The number of benzene rings is 2. The summed E-state index contributed by atoms with van der Waals surface area (Å²) in [5.41, 5.74) is 1.07. The first-order valence-electron chi connectivity index (χ1n) is 6.27. The highest BCUT2D eigenvalue weighted by Crippen LogP contribution is 2.25. The van der Waals surface area contributed by atoms with Crippen LogP contribution in [0, 0.1) is 31.3 Å². The van der Waals surface area contributed by atoms with Gasteiger partial charge in [-0.3, -0.25) is 0 Å². The van der Waals surface area contributed by atoms with Crippen molar-refractivity contribution in [2.45, 2.75) is 26.4 Å². The number of hydrogen-bond donors (Lipinski definition) is 1. The fourth-order valence-electron chi connectivity index (χ4n) is 2.21. The van der Waals surface area contributed by atoms with E-state index in [-0.39, 0.29) is 17.8 Å². The van der Waals surface area contributed by atoms with Crippen LogP contribution in [0.15, 0.2) is 30.3 Å². The normalized spacial score (nSPS) is 12.5. The van der Waals surface area contributed by atoms with E-state index in [4.69, 9.17) is 0 Å². The van der Waals surface area contributed by atoms with Gasteiger partial charge in [0.25, 0.3) is 0 Å². The van der Waals surface area contributed by atoms with Gasteiger partial charge in [0.05, 0.1) is 6.10 Å². The Kier molecular flexibility index (Phi) is 4.14. The lowest BCUT2D eigenvalue weighted by atomic mass is 9.97. The maximum absolute atomic E-state index is 13.5. The fraction of sp³-hybridized carbons (Fsp3) is 0.250. The summed E-state index contributed by atoms with van der Waals surface area (Å²) >= 11 is 0. The van der Waals surface area contributed by atoms with Crippen molar-refractivity contribution >= 4 is 0 Å². The van der Waals surface area contributed by atoms with E-state index in [2.05, 4.69) is 0 Å². The first-order chi connectivity index (χ1) is 9.40. The highest BCUT2D eigenvalue weighted by Gasteiger charge is 2.17. The predicted octanol–water partition coefficient (Wildman–Crippen LogP) is 4.00. The van der Waals surface area contributed by atoms with Crippen molar-refractivity contribution in [2.75, 3.05) is 0 Å². The highest BCUT2D eigenvalue weighted by atomic mass is 19.1. The topological polar surface area (TPSA) is 20.2 Å². The zero-order valence-corrected chi connectivity index (χ0v) is 11.3. The molecular formula is C16H15F3O. The summed E-state index contributed by atoms with van der Waals surface area (Å²) in [6, 6.07) is 6.54. The van der Waals surface area contributed by atoms with Gasteiger partial charge >= 0.3 is 0 Å². The Morgan fingerprint density at radius 1 is 1.00 bits per heavy atom. The van der Waals surface area contributed by atoms with Gasteiger partial charge in [0, 0.05) is 12.0 Å². The third-order valence-electron chi connectivity index (χ3n) is 3.30. The molecule has 0 saturated carbocycles. The van der Waals surface area contributed by atoms with E-state index in [1.54, 1.807) is 13.8 Å². The fourth-order valence-corrected chi connectivity index (χ4v) is 2.21. The van der Waals surface area contributed by atoms with Crippen LogP contribution in [0.2, 0.25) is 0 Å². The lowest BCUT2D eigenvalue weighted by Gasteiger charge is -2.14. The predicted molar refractivity (Wildman–Crippen MR) is 70.9 cm³/mol. The van der Waals surface area contributed by atoms with Crippen LogP contribution in [0.4, 0.5) is 13.2 Å². The lowest BCUT2D eigenvalue weighted by Crippen LogP contribution is -2.07. The zero-order chi connectivity index (χ0) is 14.9. The Morgan fingerprint density at radius 3 is 2.00 bits per heavy atom. The van der Waals surface area contributed by atoms with E-state index in [9.17, 15) is 18.3 Å². The van der Waals surface area contributed by atoms with Crippen LogP contribution >= 0.6 is 0 Å². The Morgan fingerprint density at radius 2 is 1.50 bits per heavy atom. The second-order valence-corrected chi connectivity index (χ2v) is 4.89. The molecular weight excluding hydrogens is 265 g/mol. The Labute approximate surface area is 115 Å². The van der Waals surface area contributed by atoms with E-state index in [1.165, 1.54) is 18.2 Å². The Balaban J connectivity index is 2.31. The second-order valence-electron chi connectivity index (χ2n) is 4.89. The van der Waals surface area contributed by atoms with Crippen LogP contribution in [0.3, 0.4) is 0 Å². The molecule has 1 atom stereocenters. The van der Waals surface area contributed by atoms with E-state index in [0.29, 0.717) is 16.7 Å². The molecule has 2 aromatic rings. The standard InChI is InChI=1S/C16H15F3O/c1-9-6-11(7-10(2)16(9)19)15(20)8-12-13(17)4-3-5-14(12)18/h3-7,15,20H,8H2,1-2H3. The van der Waals surface area contributed by atoms with Crippen molar-refractivity contribution in [1.29, 1.82) is 0 Å². The molecule has 0 aromatic heterocycles. The van der Waals surface area contributed by atoms with Crippen molar-refractivity contribution in [3.8, 4) is 0 Å². The molecule has 1 nitrogen and oxygen atoms in total. The van der Waals surface area contributed by atoms with Gasteiger partial charge in [-0.1, -0.05) is 18.2 Å². The second kappa shape index (κ2) is 5.67. The van der Waals surface area contributed by atoms with Crippen LogP contribution in [-0.2, 0) is 6.42 Å². The first kappa shape index (κ1) is 14.6. The van der Waals surface area contributed by atoms with Gasteiger partial charge in [-0.2, -0.15) is 0 Å². The number of aryl methyl sites for hydroxylation is 2. The minimum atomic E-state index is -1.08. The molecule has 0 bridgehead atoms. The summed E-state index contributed by atoms with van der Waals surface area (Å²) in [4.78, 5) is 0. The quantitative estimate of drug-likeness (QED) is 0.901. The van der Waals surface area contributed by atoms with Crippen molar-refractivity contribution < 1.29 is 18.3 Å². The van der Waals surface area contributed by atoms with Gasteiger partial charge in [-0.25, -0.2) is 13.2 Å². The number of aliphatic hydroxyl groups excluding tert-OH is 1. The van der Waals surface area contributed by atoms with Crippen LogP contribution in [0.25, 0.3) is 0 Å². The van der Waals surface area contributed by atoms with Gasteiger partial charge in [0.15, 0.2) is 0 Å². The number of aliphatic hydroxyl groups is 1. The molecule has 0 spiro atoms. The summed E-state index contributed by atoms with van der Waals surface area (Å²) in [5, 5.41) is 10.1. The molecule has 1 unspecified atom stereocenters. The molecule has 2 rings (SSSR count). The lowest BCUT2D eigenvalue weighted by molar-refractivity contribution is 0.175. The maximum Gasteiger partial charge on any atom is 0.129 e. The molecule has 106 valence electrons. The van der Waals surface area contributed by atoms with Crippen LogP contribution in [0.1, 0.15) is 28.4 Å². The van der Waals surface area contributed by atoms with Crippen molar-refractivity contribution in [1.82, 2.24) is 0 Å². The molecule has 0 fully saturated rings. The molecule has 0 aliphatic heterocycles. The van der Waals surface area contributed by atoms with E-state index in [1.807, 2.05) is 0 Å². The van der Waals surface area contributed by atoms with Gasteiger partial charge in [0.2, 0.25) is 0 Å². The van der Waals surface area contributed by atoms with Gasteiger partial charge < -0.3 is 5.11 Å². The first-order valence-corrected chi connectivity index (χ1v) is 6.27. The summed E-state index contributed by atoms with van der Waals surface area (Å²) in [6.07, 6.45) is -1.28. The Bertz CT molecular complexity index is 594. The molecule has 0 aliphatic carbocycles. The van der Waals surface area contributed by atoms with Crippen LogP contribution in [-0.4, -0.2) is 5.11 Å². The summed E-state index contributed by atoms with van der Waals surface area (Å²) < 4.78 is 40.6. The maximum atomic E-state index is 13.5. The highest BCUT2D eigenvalue weighted by molar-refractivity contribution is 5.33. The molecule has 20 heavy (non-hydrogen) atoms. The summed E-state index contributed by atoms with van der Waals surface area (Å²) in [5.74, 6) is -1.72. The zero-order valence-electron chi connectivity index (χ0n) is 11.3. The molecule has 0 heterocycles. The van der Waals surface area contributed by atoms with Gasteiger partial charge in [-0.05, 0) is 42.7 Å². The molecule has 2 aromatic carbocycles. The average Bonchev–Trinajstić information content (AvgIpc) is 2.39. The summed E-state index contributed by atoms with van der Waals surface area (Å²) in [7, 11) is 0. The average molecular weight is 280 g/mol. The van der Waals surface area contributed by atoms with Crippen molar-refractivity contribution in [3.63, 3.8) is 0 Å². The minimum absolute atomic E-state index is 0.167. The molecule has 0 amide bonds. The van der Waals surface area contributed by atoms with Crippen molar-refractivity contribution in [2.24, 2.45) is 0 Å². The SMILES string of the molecule is Cc1cc(C(O)Cc2c(F)cccc2F)cc(C)c1F. The number of rotatable bonds is 3. The molecule has 4 heteroatoms. The Hall–Kier alpha value is -1.81. The van der Waals surface area contributed by atoms with Gasteiger partial charge in [-0.15, -0.1) is 0 Å². The third kappa shape index (κ3) is 2.85. The van der Waals surface area contributed by atoms with Crippen molar-refractivity contribution in [3.05, 3.63) is 70.0 Å². The smallest absolute Gasteiger partial charge is 0.129 e. The molecule has 1 N–H and O–H groups in total. The number of hydrogen-bond acceptors (Lipinski definition) is 1. The van der Waals surface area contributed by atoms with E-state index < -0.39 is 17.7 Å².